The van der Waals surface area contributed by atoms with Gasteiger partial charge in [0.05, 0.1) is 5.56 Å². The van der Waals surface area contributed by atoms with E-state index in [1.165, 1.54) is 12.1 Å². The normalized spacial score (nSPS) is 13.9. The maximum absolute atomic E-state index is 12.7. The summed E-state index contributed by atoms with van der Waals surface area (Å²) in [5, 5.41) is 3.24. The van der Waals surface area contributed by atoms with Gasteiger partial charge in [-0.05, 0) is 36.6 Å². The maximum Gasteiger partial charge on any atom is 0.416 e. The van der Waals surface area contributed by atoms with Crippen LogP contribution >= 0.6 is 0 Å². The molecule has 0 saturated carbocycles. The topological polar surface area (TPSA) is 12.0 Å². The van der Waals surface area contributed by atoms with Crippen LogP contribution in [0.4, 0.5) is 13.2 Å². The fourth-order valence-corrected chi connectivity index (χ4v) is 1.99. The van der Waals surface area contributed by atoms with E-state index in [0.717, 1.165) is 19.0 Å². The highest BCUT2D eigenvalue weighted by Crippen LogP contribution is 2.31. The van der Waals surface area contributed by atoms with Gasteiger partial charge in [-0.2, -0.15) is 13.2 Å². The van der Waals surface area contributed by atoms with Crippen molar-refractivity contribution in [2.45, 2.75) is 39.4 Å². The van der Waals surface area contributed by atoms with Gasteiger partial charge in [0.15, 0.2) is 0 Å². The summed E-state index contributed by atoms with van der Waals surface area (Å²) in [6, 6.07) is 5.57. The lowest BCUT2D eigenvalue weighted by Crippen LogP contribution is -2.22. The van der Waals surface area contributed by atoms with Crippen LogP contribution in [0, 0.1) is 5.92 Å². The summed E-state index contributed by atoms with van der Waals surface area (Å²) in [5.74, 6) is 0.434. The van der Waals surface area contributed by atoms with Crippen LogP contribution in [0.25, 0.3) is 0 Å². The standard InChI is InChI=1S/C14H20F3N/c1-4-18-13(8-10(2)3)11-6-5-7-12(9-11)14(15,16)17/h5-7,9-10,13,18H,4,8H2,1-3H3. The summed E-state index contributed by atoms with van der Waals surface area (Å²) in [5.41, 5.74) is 0.132. The summed E-state index contributed by atoms with van der Waals surface area (Å²) < 4.78 is 38.0. The predicted molar refractivity (Wildman–Crippen MR) is 67.3 cm³/mol. The molecule has 1 atom stereocenters. The van der Waals surface area contributed by atoms with E-state index in [-0.39, 0.29) is 6.04 Å². The van der Waals surface area contributed by atoms with Crippen LogP contribution in [-0.4, -0.2) is 6.54 Å². The molecule has 0 aromatic heterocycles. The van der Waals surface area contributed by atoms with Crippen LogP contribution in [0.5, 0.6) is 0 Å². The Morgan fingerprint density at radius 2 is 1.89 bits per heavy atom. The highest BCUT2D eigenvalue weighted by molar-refractivity contribution is 5.28. The minimum atomic E-state index is -4.27. The zero-order valence-corrected chi connectivity index (χ0v) is 11.0. The van der Waals surface area contributed by atoms with Gasteiger partial charge in [0.2, 0.25) is 0 Å². The number of rotatable bonds is 5. The Hall–Kier alpha value is -1.03. The molecule has 0 aliphatic carbocycles. The van der Waals surface area contributed by atoms with Crippen LogP contribution in [0.15, 0.2) is 24.3 Å². The third-order valence-electron chi connectivity index (χ3n) is 2.77. The summed E-state index contributed by atoms with van der Waals surface area (Å²) in [6.07, 6.45) is -3.44. The van der Waals surface area contributed by atoms with E-state index < -0.39 is 11.7 Å². The quantitative estimate of drug-likeness (QED) is 0.826. The first-order valence-electron chi connectivity index (χ1n) is 6.25. The Labute approximate surface area is 106 Å². The SMILES string of the molecule is CCNC(CC(C)C)c1cccc(C(F)(F)F)c1. The molecule has 0 amide bonds. The monoisotopic (exact) mass is 259 g/mol. The van der Waals surface area contributed by atoms with Crippen LogP contribution in [-0.2, 0) is 6.18 Å². The third-order valence-corrected chi connectivity index (χ3v) is 2.77. The second kappa shape index (κ2) is 6.23. The van der Waals surface area contributed by atoms with Gasteiger partial charge in [0.1, 0.15) is 0 Å². The fourth-order valence-electron chi connectivity index (χ4n) is 1.99. The highest BCUT2D eigenvalue weighted by atomic mass is 19.4. The second-order valence-corrected chi connectivity index (χ2v) is 4.86. The number of halogens is 3. The Morgan fingerprint density at radius 3 is 2.39 bits per heavy atom. The lowest BCUT2D eigenvalue weighted by Gasteiger charge is -2.21. The molecule has 0 saturated heterocycles. The smallest absolute Gasteiger partial charge is 0.310 e. The minimum Gasteiger partial charge on any atom is -0.310 e. The van der Waals surface area contributed by atoms with Crippen LogP contribution in [0.2, 0.25) is 0 Å². The number of hydrogen-bond acceptors (Lipinski definition) is 1. The molecule has 1 unspecified atom stereocenters. The van der Waals surface area contributed by atoms with E-state index in [9.17, 15) is 13.2 Å². The number of hydrogen-bond donors (Lipinski definition) is 1. The average molecular weight is 259 g/mol. The van der Waals surface area contributed by atoms with Gasteiger partial charge in [-0.15, -0.1) is 0 Å². The molecular formula is C14H20F3N. The molecule has 1 nitrogen and oxygen atoms in total. The first-order chi connectivity index (χ1) is 8.34. The van der Waals surface area contributed by atoms with Gasteiger partial charge >= 0.3 is 6.18 Å². The van der Waals surface area contributed by atoms with Crippen molar-refractivity contribution in [3.63, 3.8) is 0 Å². The Bertz CT molecular complexity index is 372. The van der Waals surface area contributed by atoms with Crippen molar-refractivity contribution in [1.29, 1.82) is 0 Å². The molecule has 0 spiro atoms. The number of nitrogens with one attached hydrogen (secondary N) is 1. The minimum absolute atomic E-state index is 0.0164. The van der Waals surface area contributed by atoms with Crippen molar-refractivity contribution in [2.24, 2.45) is 5.92 Å². The van der Waals surface area contributed by atoms with Gasteiger partial charge in [0, 0.05) is 6.04 Å². The van der Waals surface area contributed by atoms with E-state index in [1.807, 2.05) is 6.92 Å². The fraction of sp³-hybridized carbons (Fsp3) is 0.571. The van der Waals surface area contributed by atoms with Gasteiger partial charge < -0.3 is 5.32 Å². The molecule has 4 heteroatoms. The Kier molecular flexibility index (Phi) is 5.20. The molecule has 102 valence electrons. The van der Waals surface area contributed by atoms with Crippen molar-refractivity contribution in [3.8, 4) is 0 Å². The summed E-state index contributed by atoms with van der Waals surface area (Å²) >= 11 is 0. The maximum atomic E-state index is 12.7. The Balaban J connectivity index is 2.97. The first kappa shape index (κ1) is 15.0. The summed E-state index contributed by atoms with van der Waals surface area (Å²) in [6.45, 7) is 6.84. The zero-order chi connectivity index (χ0) is 13.8. The largest absolute Gasteiger partial charge is 0.416 e. The van der Waals surface area contributed by atoms with E-state index in [4.69, 9.17) is 0 Å². The molecule has 1 rings (SSSR count). The van der Waals surface area contributed by atoms with E-state index >= 15 is 0 Å². The summed E-state index contributed by atoms with van der Waals surface area (Å²) in [7, 11) is 0. The summed E-state index contributed by atoms with van der Waals surface area (Å²) in [4.78, 5) is 0. The molecule has 0 bridgehead atoms. The van der Waals surface area contributed by atoms with Crippen molar-refractivity contribution in [1.82, 2.24) is 5.32 Å². The van der Waals surface area contributed by atoms with Gasteiger partial charge in [-0.1, -0.05) is 32.9 Å². The van der Waals surface area contributed by atoms with Crippen molar-refractivity contribution in [3.05, 3.63) is 35.4 Å². The lowest BCUT2D eigenvalue weighted by atomic mass is 9.95. The van der Waals surface area contributed by atoms with Crippen molar-refractivity contribution >= 4 is 0 Å². The average Bonchev–Trinajstić information content (AvgIpc) is 2.27. The van der Waals surface area contributed by atoms with Gasteiger partial charge in [-0.3, -0.25) is 0 Å². The third kappa shape index (κ3) is 4.33. The predicted octanol–water partition coefficient (Wildman–Crippen LogP) is 4.40. The molecule has 0 radical (unpaired) electrons. The lowest BCUT2D eigenvalue weighted by molar-refractivity contribution is -0.137. The molecule has 0 aliphatic rings. The van der Waals surface area contributed by atoms with Crippen LogP contribution in [0.1, 0.15) is 44.4 Å². The molecule has 0 fully saturated rings. The molecule has 1 aromatic carbocycles. The van der Waals surface area contributed by atoms with Crippen molar-refractivity contribution in [2.75, 3.05) is 6.54 Å². The molecule has 18 heavy (non-hydrogen) atoms. The molecule has 0 aliphatic heterocycles. The molecule has 0 heterocycles. The van der Waals surface area contributed by atoms with E-state index in [0.29, 0.717) is 11.5 Å². The zero-order valence-electron chi connectivity index (χ0n) is 11.0. The van der Waals surface area contributed by atoms with Crippen LogP contribution in [0.3, 0.4) is 0 Å². The van der Waals surface area contributed by atoms with E-state index in [2.05, 4.69) is 19.2 Å². The van der Waals surface area contributed by atoms with E-state index in [1.54, 1.807) is 6.07 Å². The Morgan fingerprint density at radius 1 is 1.22 bits per heavy atom. The highest BCUT2D eigenvalue weighted by Gasteiger charge is 2.30. The second-order valence-electron chi connectivity index (χ2n) is 4.86. The molecule has 1 aromatic rings. The number of alkyl halides is 3. The van der Waals surface area contributed by atoms with Crippen LogP contribution < -0.4 is 5.32 Å². The van der Waals surface area contributed by atoms with Gasteiger partial charge in [0.25, 0.3) is 0 Å². The molecular weight excluding hydrogens is 239 g/mol. The molecule has 1 N–H and O–H groups in total. The van der Waals surface area contributed by atoms with Crippen molar-refractivity contribution < 1.29 is 13.2 Å². The number of benzene rings is 1. The van der Waals surface area contributed by atoms with Gasteiger partial charge in [-0.25, -0.2) is 0 Å². The first-order valence-corrected chi connectivity index (χ1v) is 6.25.